The molecule has 0 radical (unpaired) electrons. The lowest BCUT2D eigenvalue weighted by Crippen LogP contribution is -2.48. The van der Waals surface area contributed by atoms with Gasteiger partial charge in [-0.1, -0.05) is 12.1 Å². The van der Waals surface area contributed by atoms with Gasteiger partial charge in [0.15, 0.2) is 11.5 Å². The highest BCUT2D eigenvalue weighted by Gasteiger charge is 2.34. The molecule has 0 aromatic heterocycles. The normalized spacial score (nSPS) is 21.7. The maximum Gasteiger partial charge on any atom is 0.161 e. The minimum atomic E-state index is -0.461. The van der Waals surface area contributed by atoms with Gasteiger partial charge in [-0.05, 0) is 41.8 Å². The number of ether oxygens (including phenoxy) is 3. The Hall–Kier alpha value is -2.44. The van der Waals surface area contributed by atoms with E-state index in [4.69, 9.17) is 14.2 Å². The number of aliphatic hydroxyl groups is 1. The Kier molecular flexibility index (Phi) is 5.83. The molecule has 4 rings (SSSR count). The lowest BCUT2D eigenvalue weighted by atomic mass is 10.0. The summed E-state index contributed by atoms with van der Waals surface area (Å²) in [6.07, 6.45) is 0.404. The Labute approximate surface area is 172 Å². The molecular formula is C23H30N2O4. The number of piperazine rings is 1. The van der Waals surface area contributed by atoms with E-state index < -0.39 is 6.10 Å². The smallest absolute Gasteiger partial charge is 0.161 e. The number of aliphatic hydroxyl groups excluding tert-OH is 1. The summed E-state index contributed by atoms with van der Waals surface area (Å²) in [5, 5.41) is 10.9. The van der Waals surface area contributed by atoms with Crippen LogP contribution in [0.5, 0.6) is 17.2 Å². The molecule has 2 aromatic carbocycles. The Bertz CT molecular complexity index is 849. The predicted octanol–water partition coefficient (Wildman–Crippen LogP) is 2.74. The number of fused-ring (bicyclic) bond motifs is 1. The van der Waals surface area contributed by atoms with Crippen LogP contribution in [-0.4, -0.2) is 64.1 Å². The Morgan fingerprint density at radius 3 is 2.24 bits per heavy atom. The first-order valence-electron chi connectivity index (χ1n) is 10.2. The zero-order valence-corrected chi connectivity index (χ0v) is 17.4. The number of anilines is 1. The van der Waals surface area contributed by atoms with Crippen LogP contribution in [0.1, 0.15) is 17.2 Å². The summed E-state index contributed by atoms with van der Waals surface area (Å²) in [5.41, 5.74) is 3.29. The van der Waals surface area contributed by atoms with Crippen molar-refractivity contribution in [3.63, 3.8) is 0 Å². The quantitative estimate of drug-likeness (QED) is 0.808. The van der Waals surface area contributed by atoms with E-state index in [0.29, 0.717) is 5.75 Å². The Balaban J connectivity index is 1.39. The van der Waals surface area contributed by atoms with E-state index in [0.717, 1.165) is 67.5 Å². The number of methoxy groups -OCH3 is 3. The highest BCUT2D eigenvalue weighted by atomic mass is 16.5. The number of benzene rings is 2. The van der Waals surface area contributed by atoms with E-state index in [1.165, 1.54) is 0 Å². The van der Waals surface area contributed by atoms with Crippen LogP contribution in [-0.2, 0) is 6.42 Å². The first-order chi connectivity index (χ1) is 14.1. The van der Waals surface area contributed by atoms with Gasteiger partial charge in [0, 0.05) is 38.6 Å². The fourth-order valence-electron chi connectivity index (χ4n) is 4.60. The fourth-order valence-corrected chi connectivity index (χ4v) is 4.60. The van der Waals surface area contributed by atoms with Gasteiger partial charge >= 0.3 is 0 Å². The van der Waals surface area contributed by atoms with Gasteiger partial charge in [-0.15, -0.1) is 0 Å². The molecular weight excluding hydrogens is 368 g/mol. The van der Waals surface area contributed by atoms with E-state index in [1.54, 1.807) is 21.3 Å². The number of nitrogens with zero attached hydrogens (tertiary/aromatic N) is 2. The first-order valence-corrected chi connectivity index (χ1v) is 10.2. The van der Waals surface area contributed by atoms with Crippen molar-refractivity contribution in [1.82, 2.24) is 4.90 Å². The summed E-state index contributed by atoms with van der Waals surface area (Å²) in [7, 11) is 5.00. The van der Waals surface area contributed by atoms with Gasteiger partial charge in [0.25, 0.3) is 0 Å². The molecule has 1 aliphatic heterocycles. The zero-order valence-electron chi connectivity index (χ0n) is 17.4. The van der Waals surface area contributed by atoms with Gasteiger partial charge in [0.1, 0.15) is 5.75 Å². The highest BCUT2D eigenvalue weighted by Crippen LogP contribution is 2.42. The number of rotatable bonds is 6. The number of hydrogen-bond acceptors (Lipinski definition) is 6. The average Bonchev–Trinajstić information content (AvgIpc) is 3.07. The fraction of sp³-hybridized carbons (Fsp3) is 0.478. The third-order valence-corrected chi connectivity index (χ3v) is 6.18. The molecule has 6 nitrogen and oxygen atoms in total. The van der Waals surface area contributed by atoms with Crippen molar-refractivity contribution in [3.8, 4) is 17.2 Å². The summed E-state index contributed by atoms with van der Waals surface area (Å²) in [5.74, 6) is 2.52. The van der Waals surface area contributed by atoms with Crippen LogP contribution in [0.4, 0.5) is 5.69 Å². The molecule has 0 spiro atoms. The molecule has 0 saturated carbocycles. The van der Waals surface area contributed by atoms with Gasteiger partial charge in [0.05, 0.1) is 33.1 Å². The molecule has 1 saturated heterocycles. The summed E-state index contributed by atoms with van der Waals surface area (Å²) in [4.78, 5) is 4.84. The van der Waals surface area contributed by atoms with Gasteiger partial charge in [-0.2, -0.15) is 0 Å². The van der Waals surface area contributed by atoms with Crippen LogP contribution in [0.2, 0.25) is 0 Å². The summed E-state index contributed by atoms with van der Waals surface area (Å²) in [6.45, 7) is 4.75. The minimum Gasteiger partial charge on any atom is -0.495 e. The number of hydrogen-bond donors (Lipinski definition) is 1. The van der Waals surface area contributed by atoms with Gasteiger partial charge < -0.3 is 24.2 Å². The van der Waals surface area contributed by atoms with E-state index >= 15 is 0 Å². The van der Waals surface area contributed by atoms with Crippen LogP contribution >= 0.6 is 0 Å². The molecule has 2 aliphatic rings. The molecule has 156 valence electrons. The molecule has 29 heavy (non-hydrogen) atoms. The van der Waals surface area contributed by atoms with Gasteiger partial charge in [-0.3, -0.25) is 4.90 Å². The number of para-hydroxylation sites is 2. The van der Waals surface area contributed by atoms with Crippen molar-refractivity contribution in [3.05, 3.63) is 47.5 Å². The zero-order chi connectivity index (χ0) is 20.4. The van der Waals surface area contributed by atoms with Crippen LogP contribution in [0.25, 0.3) is 0 Å². The molecule has 2 unspecified atom stereocenters. The second-order valence-corrected chi connectivity index (χ2v) is 7.77. The largest absolute Gasteiger partial charge is 0.495 e. The molecule has 1 fully saturated rings. The van der Waals surface area contributed by atoms with Crippen molar-refractivity contribution in [2.45, 2.75) is 12.5 Å². The summed E-state index contributed by atoms with van der Waals surface area (Å²) in [6, 6.07) is 12.1. The van der Waals surface area contributed by atoms with Gasteiger partial charge in [0.2, 0.25) is 0 Å². The molecule has 2 atom stereocenters. The topological polar surface area (TPSA) is 54.4 Å². The van der Waals surface area contributed by atoms with E-state index in [9.17, 15) is 5.11 Å². The van der Waals surface area contributed by atoms with Crippen molar-refractivity contribution in [1.29, 1.82) is 0 Å². The van der Waals surface area contributed by atoms with Crippen molar-refractivity contribution in [2.24, 2.45) is 5.92 Å². The van der Waals surface area contributed by atoms with Crippen molar-refractivity contribution < 1.29 is 19.3 Å². The molecule has 1 N–H and O–H groups in total. The van der Waals surface area contributed by atoms with E-state index in [2.05, 4.69) is 21.9 Å². The second kappa shape index (κ2) is 8.51. The third kappa shape index (κ3) is 3.87. The Morgan fingerprint density at radius 1 is 0.897 bits per heavy atom. The maximum atomic E-state index is 10.9. The molecule has 0 bridgehead atoms. The van der Waals surface area contributed by atoms with Crippen molar-refractivity contribution in [2.75, 3.05) is 59.0 Å². The summed E-state index contributed by atoms with van der Waals surface area (Å²) >= 11 is 0. The van der Waals surface area contributed by atoms with Gasteiger partial charge in [-0.25, -0.2) is 0 Å². The van der Waals surface area contributed by atoms with Crippen LogP contribution in [0.15, 0.2) is 36.4 Å². The SMILES string of the molecule is COc1cc2c(cc1OC)C(O)C(CN1CCN(c3ccccc3OC)CC1)C2. The maximum absolute atomic E-state index is 10.9. The molecule has 2 aromatic rings. The van der Waals surface area contributed by atoms with E-state index in [1.807, 2.05) is 24.3 Å². The van der Waals surface area contributed by atoms with Crippen LogP contribution in [0.3, 0.4) is 0 Å². The lowest BCUT2D eigenvalue weighted by molar-refractivity contribution is 0.0900. The minimum absolute atomic E-state index is 0.194. The predicted molar refractivity (Wildman–Crippen MR) is 113 cm³/mol. The first kappa shape index (κ1) is 19.9. The van der Waals surface area contributed by atoms with Crippen LogP contribution < -0.4 is 19.1 Å². The molecule has 6 heteroatoms. The monoisotopic (exact) mass is 398 g/mol. The average molecular weight is 399 g/mol. The molecule has 1 aliphatic carbocycles. The van der Waals surface area contributed by atoms with Crippen LogP contribution in [0, 0.1) is 5.92 Å². The standard InChI is InChI=1S/C23H30N2O4/c1-27-20-7-5-4-6-19(20)25-10-8-24(9-11-25)15-17-12-16-13-21(28-2)22(29-3)14-18(16)23(17)26/h4-7,13-14,17,23,26H,8-12,15H2,1-3H3. The molecule has 0 amide bonds. The van der Waals surface area contributed by atoms with E-state index in [-0.39, 0.29) is 5.92 Å². The second-order valence-electron chi connectivity index (χ2n) is 7.77. The lowest BCUT2D eigenvalue weighted by Gasteiger charge is -2.38. The highest BCUT2D eigenvalue weighted by molar-refractivity contribution is 5.58. The third-order valence-electron chi connectivity index (χ3n) is 6.18. The Morgan fingerprint density at radius 2 is 1.55 bits per heavy atom. The molecule has 1 heterocycles. The summed E-state index contributed by atoms with van der Waals surface area (Å²) < 4.78 is 16.3. The van der Waals surface area contributed by atoms with Crippen molar-refractivity contribution >= 4 is 5.69 Å².